The van der Waals surface area contributed by atoms with Gasteiger partial charge in [0, 0.05) is 32.0 Å². The van der Waals surface area contributed by atoms with Gasteiger partial charge >= 0.3 is 8.80 Å². The normalized spacial score (nSPS) is 19.1. The molecule has 1 aliphatic rings. The number of rotatable bonds is 12. The van der Waals surface area contributed by atoms with Crippen molar-refractivity contribution in [3.05, 3.63) is 0 Å². The second-order valence-electron chi connectivity index (χ2n) is 4.85. The van der Waals surface area contributed by atoms with Crippen LogP contribution in [0.5, 0.6) is 0 Å². The Bertz CT molecular complexity index is 227. The molecule has 0 spiro atoms. The van der Waals surface area contributed by atoms with E-state index in [1.807, 2.05) is 27.7 Å². The van der Waals surface area contributed by atoms with Crippen molar-refractivity contribution in [2.24, 2.45) is 0 Å². The van der Waals surface area contributed by atoms with E-state index >= 15 is 0 Å². The van der Waals surface area contributed by atoms with Gasteiger partial charge in [0.1, 0.15) is 6.10 Å². The van der Waals surface area contributed by atoms with Gasteiger partial charge in [0.15, 0.2) is 0 Å². The number of hydrogen-bond acceptors (Lipinski definition) is 5. The van der Waals surface area contributed by atoms with Crippen LogP contribution in [0.25, 0.3) is 0 Å². The fourth-order valence-corrected chi connectivity index (χ4v) is 4.68. The summed E-state index contributed by atoms with van der Waals surface area (Å²) in [6.07, 6.45) is 1.34. The molecule has 1 aliphatic heterocycles. The Kier molecular flexibility index (Phi) is 8.13. The van der Waals surface area contributed by atoms with Crippen LogP contribution < -0.4 is 0 Å². The molecule has 114 valence electrons. The first-order valence-corrected chi connectivity index (χ1v) is 9.20. The Morgan fingerprint density at radius 2 is 1.84 bits per heavy atom. The van der Waals surface area contributed by atoms with Crippen LogP contribution in [0.1, 0.15) is 34.1 Å². The highest BCUT2D eigenvalue weighted by Gasteiger charge is 2.41. The maximum Gasteiger partial charge on any atom is 0.501 e. The third-order valence-corrected chi connectivity index (χ3v) is 5.87. The molecule has 1 fully saturated rings. The van der Waals surface area contributed by atoms with Gasteiger partial charge in [0.2, 0.25) is 0 Å². The van der Waals surface area contributed by atoms with Crippen molar-refractivity contribution in [3.63, 3.8) is 0 Å². The van der Waals surface area contributed by atoms with E-state index in [2.05, 4.69) is 0 Å². The summed E-state index contributed by atoms with van der Waals surface area (Å²) in [6.45, 7) is 11.5. The number of epoxide rings is 1. The third-order valence-electron chi connectivity index (χ3n) is 2.62. The molecule has 6 heteroatoms. The molecule has 0 saturated carbocycles. The van der Waals surface area contributed by atoms with Crippen molar-refractivity contribution >= 4 is 8.80 Å². The van der Waals surface area contributed by atoms with Gasteiger partial charge in [-0.15, -0.1) is 0 Å². The lowest BCUT2D eigenvalue weighted by molar-refractivity contribution is 0.0403. The molecule has 5 nitrogen and oxygen atoms in total. The van der Waals surface area contributed by atoms with Gasteiger partial charge in [-0.3, -0.25) is 0 Å². The van der Waals surface area contributed by atoms with Gasteiger partial charge in [-0.05, 0) is 34.1 Å². The fourth-order valence-electron chi connectivity index (χ4n) is 1.88. The number of hydrogen-bond donors (Lipinski definition) is 0. The van der Waals surface area contributed by atoms with Crippen molar-refractivity contribution in [3.8, 4) is 0 Å². The molecular weight excluding hydrogens is 264 g/mol. The van der Waals surface area contributed by atoms with E-state index in [9.17, 15) is 0 Å². The SMILES string of the molecule is CCO[Si](CCCOCC1CO1)(OCC)OC(C)C. The molecule has 1 heterocycles. The maximum absolute atomic E-state index is 5.97. The second kappa shape index (κ2) is 9.04. The zero-order valence-electron chi connectivity index (χ0n) is 12.6. The lowest BCUT2D eigenvalue weighted by Gasteiger charge is -2.30. The Morgan fingerprint density at radius 1 is 1.21 bits per heavy atom. The van der Waals surface area contributed by atoms with Gasteiger partial charge < -0.3 is 22.8 Å². The van der Waals surface area contributed by atoms with Crippen molar-refractivity contribution in [2.45, 2.75) is 52.4 Å². The first-order valence-electron chi connectivity index (χ1n) is 7.27. The van der Waals surface area contributed by atoms with Gasteiger partial charge in [0.05, 0.1) is 13.2 Å². The average Bonchev–Trinajstić information content (AvgIpc) is 3.12. The zero-order chi connectivity index (χ0) is 14.1. The second-order valence-corrected chi connectivity index (χ2v) is 7.53. The molecule has 0 bridgehead atoms. The monoisotopic (exact) mass is 292 g/mol. The lowest BCUT2D eigenvalue weighted by atomic mass is 10.5. The topological polar surface area (TPSA) is 49.5 Å². The van der Waals surface area contributed by atoms with E-state index < -0.39 is 8.80 Å². The summed E-state index contributed by atoms with van der Waals surface area (Å²) < 4.78 is 28.3. The van der Waals surface area contributed by atoms with Crippen molar-refractivity contribution in [2.75, 3.05) is 33.0 Å². The standard InChI is InChI=1S/C13H28O5Si/c1-5-16-19(17-6-2,18-12(3)4)9-7-8-14-10-13-11-15-13/h12-13H,5-11H2,1-4H3. The zero-order valence-corrected chi connectivity index (χ0v) is 13.6. The van der Waals surface area contributed by atoms with Crippen LogP contribution in [0.3, 0.4) is 0 Å². The summed E-state index contributed by atoms with van der Waals surface area (Å²) >= 11 is 0. The molecule has 1 rings (SSSR count). The van der Waals surface area contributed by atoms with Gasteiger partial charge in [-0.2, -0.15) is 0 Å². The highest BCUT2D eigenvalue weighted by atomic mass is 28.4. The van der Waals surface area contributed by atoms with E-state index in [0.29, 0.717) is 32.5 Å². The summed E-state index contributed by atoms with van der Waals surface area (Å²) in [5.74, 6) is 0. The van der Waals surface area contributed by atoms with Crippen molar-refractivity contribution in [1.82, 2.24) is 0 Å². The van der Waals surface area contributed by atoms with Gasteiger partial charge in [0.25, 0.3) is 0 Å². The first kappa shape index (κ1) is 17.1. The van der Waals surface area contributed by atoms with E-state index in [1.165, 1.54) is 0 Å². The van der Waals surface area contributed by atoms with E-state index in [4.69, 9.17) is 22.8 Å². The van der Waals surface area contributed by atoms with Crippen LogP contribution >= 0.6 is 0 Å². The Labute approximate surface area is 117 Å². The van der Waals surface area contributed by atoms with Crippen LogP contribution in [0.2, 0.25) is 6.04 Å². The summed E-state index contributed by atoms with van der Waals surface area (Å²) in [5.41, 5.74) is 0. The molecule has 0 aromatic carbocycles. The smallest absolute Gasteiger partial charge is 0.379 e. The molecule has 0 aliphatic carbocycles. The molecule has 0 aromatic heterocycles. The summed E-state index contributed by atoms with van der Waals surface area (Å²) in [7, 11) is -2.53. The molecule has 0 N–H and O–H groups in total. The molecule has 0 aromatic rings. The minimum atomic E-state index is -2.53. The highest BCUT2D eigenvalue weighted by molar-refractivity contribution is 6.60. The highest BCUT2D eigenvalue weighted by Crippen LogP contribution is 2.20. The lowest BCUT2D eigenvalue weighted by Crippen LogP contribution is -2.47. The number of ether oxygens (including phenoxy) is 2. The van der Waals surface area contributed by atoms with Crippen LogP contribution in [-0.2, 0) is 22.8 Å². The Hall–Kier alpha value is 0.0169. The fraction of sp³-hybridized carbons (Fsp3) is 1.00. The molecule has 1 unspecified atom stereocenters. The van der Waals surface area contributed by atoms with Gasteiger partial charge in [-0.1, -0.05) is 0 Å². The average molecular weight is 292 g/mol. The Balaban J connectivity index is 2.31. The summed E-state index contributed by atoms with van der Waals surface area (Å²) in [6, 6.07) is 0.804. The third kappa shape index (κ3) is 7.39. The van der Waals surface area contributed by atoms with E-state index in [0.717, 1.165) is 19.1 Å². The summed E-state index contributed by atoms with van der Waals surface area (Å²) in [5, 5.41) is 0. The van der Waals surface area contributed by atoms with E-state index in [1.54, 1.807) is 0 Å². The molecule has 1 saturated heterocycles. The minimum absolute atomic E-state index is 0.116. The van der Waals surface area contributed by atoms with Crippen LogP contribution in [0, 0.1) is 0 Å². The van der Waals surface area contributed by atoms with Gasteiger partial charge in [-0.25, -0.2) is 0 Å². The maximum atomic E-state index is 5.97. The quantitative estimate of drug-likeness (QED) is 0.314. The molecule has 0 amide bonds. The molecule has 0 radical (unpaired) electrons. The van der Waals surface area contributed by atoms with Crippen LogP contribution in [-0.4, -0.2) is 54.0 Å². The predicted molar refractivity (Wildman–Crippen MR) is 75.2 cm³/mol. The van der Waals surface area contributed by atoms with Crippen molar-refractivity contribution in [1.29, 1.82) is 0 Å². The van der Waals surface area contributed by atoms with Crippen molar-refractivity contribution < 1.29 is 22.8 Å². The molecule has 19 heavy (non-hydrogen) atoms. The van der Waals surface area contributed by atoms with Crippen LogP contribution in [0.4, 0.5) is 0 Å². The summed E-state index contributed by atoms with van der Waals surface area (Å²) in [4.78, 5) is 0. The first-order chi connectivity index (χ1) is 9.12. The predicted octanol–water partition coefficient (Wildman–Crippen LogP) is 2.23. The Morgan fingerprint density at radius 3 is 2.32 bits per heavy atom. The largest absolute Gasteiger partial charge is 0.501 e. The molecular formula is C13H28O5Si. The minimum Gasteiger partial charge on any atom is -0.379 e. The molecule has 1 atom stereocenters. The van der Waals surface area contributed by atoms with E-state index in [-0.39, 0.29) is 6.10 Å². The van der Waals surface area contributed by atoms with Crippen LogP contribution in [0.15, 0.2) is 0 Å².